The standard InChI is InChI=1S/C17H31N3/c1-3-16-13-19(9-2-11-20(16)10-1)12-8-18-17(14-4-5-14)15-6-7-15/h14-18H,1-13H2. The molecule has 0 amide bonds. The van der Waals surface area contributed by atoms with Crippen molar-refractivity contribution in [1.82, 2.24) is 15.1 Å². The van der Waals surface area contributed by atoms with Gasteiger partial charge in [0.05, 0.1) is 0 Å². The Balaban J connectivity index is 1.22. The van der Waals surface area contributed by atoms with Gasteiger partial charge in [-0.3, -0.25) is 4.90 Å². The lowest BCUT2D eigenvalue weighted by Crippen LogP contribution is -2.42. The Hall–Kier alpha value is -0.120. The van der Waals surface area contributed by atoms with Crippen LogP contribution in [0.15, 0.2) is 0 Å². The largest absolute Gasteiger partial charge is 0.312 e. The lowest BCUT2D eigenvalue weighted by Gasteiger charge is -2.26. The highest BCUT2D eigenvalue weighted by Crippen LogP contribution is 2.44. The fourth-order valence-corrected chi connectivity index (χ4v) is 4.50. The van der Waals surface area contributed by atoms with Crippen molar-refractivity contribution in [3.63, 3.8) is 0 Å². The Morgan fingerprint density at radius 2 is 1.65 bits per heavy atom. The summed E-state index contributed by atoms with van der Waals surface area (Å²) in [6, 6.07) is 1.75. The van der Waals surface area contributed by atoms with Gasteiger partial charge in [-0.2, -0.15) is 0 Å². The number of fused-ring (bicyclic) bond motifs is 1. The fourth-order valence-electron chi connectivity index (χ4n) is 4.50. The van der Waals surface area contributed by atoms with Gasteiger partial charge >= 0.3 is 0 Å². The van der Waals surface area contributed by atoms with Crippen LogP contribution in [0.25, 0.3) is 0 Å². The molecule has 0 aromatic rings. The molecule has 2 aliphatic heterocycles. The van der Waals surface area contributed by atoms with Crippen LogP contribution in [0.2, 0.25) is 0 Å². The third-order valence-corrected chi connectivity index (χ3v) is 5.96. The average molecular weight is 277 g/mol. The molecule has 1 N–H and O–H groups in total. The maximum atomic E-state index is 3.92. The van der Waals surface area contributed by atoms with Gasteiger partial charge in [0, 0.05) is 31.7 Å². The van der Waals surface area contributed by atoms with E-state index in [1.807, 2.05) is 0 Å². The van der Waals surface area contributed by atoms with Crippen LogP contribution in [0.5, 0.6) is 0 Å². The van der Waals surface area contributed by atoms with Crippen LogP contribution in [0.3, 0.4) is 0 Å². The quantitative estimate of drug-likeness (QED) is 0.800. The van der Waals surface area contributed by atoms with Gasteiger partial charge in [0.1, 0.15) is 0 Å². The van der Waals surface area contributed by atoms with Crippen molar-refractivity contribution in [2.24, 2.45) is 11.8 Å². The molecule has 2 saturated carbocycles. The summed E-state index contributed by atoms with van der Waals surface area (Å²) in [6.45, 7) is 7.87. The Labute approximate surface area is 124 Å². The van der Waals surface area contributed by atoms with Crippen molar-refractivity contribution in [3.8, 4) is 0 Å². The molecule has 1 atom stereocenters. The first-order chi connectivity index (χ1) is 9.90. The molecular formula is C17H31N3. The van der Waals surface area contributed by atoms with Gasteiger partial charge < -0.3 is 10.2 Å². The summed E-state index contributed by atoms with van der Waals surface area (Å²) >= 11 is 0. The van der Waals surface area contributed by atoms with Crippen molar-refractivity contribution in [1.29, 1.82) is 0 Å². The molecule has 3 heteroatoms. The van der Waals surface area contributed by atoms with Gasteiger partial charge in [0.25, 0.3) is 0 Å². The van der Waals surface area contributed by atoms with E-state index in [4.69, 9.17) is 0 Å². The van der Waals surface area contributed by atoms with Gasteiger partial charge in [0.15, 0.2) is 0 Å². The number of nitrogens with one attached hydrogen (secondary N) is 1. The molecule has 4 rings (SSSR count). The molecule has 4 fully saturated rings. The summed E-state index contributed by atoms with van der Waals surface area (Å²) in [5.41, 5.74) is 0. The zero-order valence-electron chi connectivity index (χ0n) is 12.9. The maximum absolute atomic E-state index is 3.92. The van der Waals surface area contributed by atoms with Crippen LogP contribution in [-0.4, -0.2) is 61.2 Å². The predicted molar refractivity (Wildman–Crippen MR) is 82.9 cm³/mol. The van der Waals surface area contributed by atoms with E-state index in [1.54, 1.807) is 0 Å². The molecule has 0 aromatic heterocycles. The molecule has 4 aliphatic rings. The highest BCUT2D eigenvalue weighted by molar-refractivity contribution is 4.96. The third kappa shape index (κ3) is 3.20. The summed E-state index contributed by atoms with van der Waals surface area (Å²) < 4.78 is 0. The number of nitrogens with zero attached hydrogens (tertiary/aromatic N) is 2. The van der Waals surface area contributed by atoms with Crippen molar-refractivity contribution in [2.45, 2.75) is 57.0 Å². The topological polar surface area (TPSA) is 18.5 Å². The Morgan fingerprint density at radius 1 is 0.900 bits per heavy atom. The molecule has 2 saturated heterocycles. The molecule has 0 bridgehead atoms. The Kier molecular flexibility index (Phi) is 4.02. The molecule has 0 radical (unpaired) electrons. The van der Waals surface area contributed by atoms with Gasteiger partial charge in [-0.25, -0.2) is 0 Å². The van der Waals surface area contributed by atoms with Crippen LogP contribution in [-0.2, 0) is 0 Å². The van der Waals surface area contributed by atoms with Gasteiger partial charge in [-0.05, 0) is 76.4 Å². The van der Waals surface area contributed by atoms with Crippen LogP contribution in [0.4, 0.5) is 0 Å². The van der Waals surface area contributed by atoms with E-state index in [2.05, 4.69) is 15.1 Å². The summed E-state index contributed by atoms with van der Waals surface area (Å²) in [5, 5.41) is 3.92. The minimum atomic E-state index is 0.875. The second kappa shape index (κ2) is 5.94. The zero-order valence-corrected chi connectivity index (χ0v) is 12.9. The minimum Gasteiger partial charge on any atom is -0.312 e. The molecule has 2 heterocycles. The monoisotopic (exact) mass is 277 g/mol. The highest BCUT2D eigenvalue weighted by Gasteiger charge is 2.41. The van der Waals surface area contributed by atoms with E-state index in [0.29, 0.717) is 0 Å². The van der Waals surface area contributed by atoms with Gasteiger partial charge in [0.2, 0.25) is 0 Å². The first-order valence-electron chi connectivity index (χ1n) is 9.10. The molecule has 0 spiro atoms. The molecule has 20 heavy (non-hydrogen) atoms. The summed E-state index contributed by atoms with van der Waals surface area (Å²) in [6.07, 6.45) is 10.2. The van der Waals surface area contributed by atoms with Gasteiger partial charge in [-0.15, -0.1) is 0 Å². The van der Waals surface area contributed by atoms with Gasteiger partial charge in [-0.1, -0.05) is 0 Å². The van der Waals surface area contributed by atoms with Crippen molar-refractivity contribution < 1.29 is 0 Å². The summed E-state index contributed by atoms with van der Waals surface area (Å²) in [5.74, 6) is 2.08. The van der Waals surface area contributed by atoms with Crippen LogP contribution < -0.4 is 5.32 Å². The van der Waals surface area contributed by atoms with Crippen molar-refractivity contribution in [3.05, 3.63) is 0 Å². The second-order valence-corrected chi connectivity index (χ2v) is 7.64. The molecule has 3 nitrogen and oxygen atoms in total. The van der Waals surface area contributed by atoms with Crippen molar-refractivity contribution >= 4 is 0 Å². The molecule has 114 valence electrons. The van der Waals surface area contributed by atoms with Crippen molar-refractivity contribution in [2.75, 3.05) is 39.3 Å². The average Bonchev–Trinajstić information content (AvgIpc) is 3.35. The maximum Gasteiger partial charge on any atom is 0.0223 e. The third-order valence-electron chi connectivity index (χ3n) is 5.96. The van der Waals surface area contributed by atoms with Crippen LogP contribution >= 0.6 is 0 Å². The molecule has 0 aromatic carbocycles. The lowest BCUT2D eigenvalue weighted by molar-refractivity contribution is 0.217. The first kappa shape index (κ1) is 13.5. The Morgan fingerprint density at radius 3 is 2.40 bits per heavy atom. The first-order valence-corrected chi connectivity index (χ1v) is 9.10. The van der Waals surface area contributed by atoms with E-state index in [1.165, 1.54) is 84.2 Å². The summed E-state index contributed by atoms with van der Waals surface area (Å²) in [7, 11) is 0. The fraction of sp³-hybridized carbons (Fsp3) is 1.00. The van der Waals surface area contributed by atoms with E-state index >= 15 is 0 Å². The second-order valence-electron chi connectivity index (χ2n) is 7.64. The number of hydrogen-bond acceptors (Lipinski definition) is 3. The van der Waals surface area contributed by atoms with E-state index < -0.39 is 0 Å². The van der Waals surface area contributed by atoms with Crippen LogP contribution in [0.1, 0.15) is 44.9 Å². The number of hydrogen-bond donors (Lipinski definition) is 1. The van der Waals surface area contributed by atoms with Crippen LogP contribution in [0, 0.1) is 11.8 Å². The minimum absolute atomic E-state index is 0.875. The molecule has 1 unspecified atom stereocenters. The van der Waals surface area contributed by atoms with E-state index in [-0.39, 0.29) is 0 Å². The Bertz CT molecular complexity index is 312. The molecule has 2 aliphatic carbocycles. The van der Waals surface area contributed by atoms with E-state index in [0.717, 1.165) is 23.9 Å². The normalized spacial score (nSPS) is 32.5. The predicted octanol–water partition coefficient (Wildman–Crippen LogP) is 1.93. The number of rotatable bonds is 6. The highest BCUT2D eigenvalue weighted by atomic mass is 15.3. The summed E-state index contributed by atoms with van der Waals surface area (Å²) in [4.78, 5) is 5.48. The smallest absolute Gasteiger partial charge is 0.0223 e. The molecular weight excluding hydrogens is 246 g/mol. The zero-order chi connectivity index (χ0) is 13.4. The SMILES string of the molecule is C1CC2CN(CCNC(C3CC3)C3CC3)CCCN2C1. The van der Waals surface area contributed by atoms with E-state index in [9.17, 15) is 0 Å². The lowest BCUT2D eigenvalue weighted by atomic mass is 10.1.